The SMILES string of the molecule is CCCNN1CCC(C(=O)OCc2ccccc2)CC1. The molecule has 0 amide bonds. The summed E-state index contributed by atoms with van der Waals surface area (Å²) in [7, 11) is 0. The van der Waals surface area contributed by atoms with Crippen LogP contribution in [0, 0.1) is 5.92 Å². The van der Waals surface area contributed by atoms with Gasteiger partial charge >= 0.3 is 5.97 Å². The molecule has 1 heterocycles. The number of carbonyl (C=O) groups is 1. The topological polar surface area (TPSA) is 41.6 Å². The fourth-order valence-corrected chi connectivity index (χ4v) is 2.39. The lowest BCUT2D eigenvalue weighted by molar-refractivity contribution is -0.151. The molecule has 0 bridgehead atoms. The highest BCUT2D eigenvalue weighted by molar-refractivity contribution is 5.72. The van der Waals surface area contributed by atoms with Gasteiger partial charge in [-0.25, -0.2) is 5.01 Å². The average molecular weight is 276 g/mol. The number of benzene rings is 1. The number of piperidine rings is 1. The van der Waals surface area contributed by atoms with Gasteiger partial charge in [-0.15, -0.1) is 0 Å². The van der Waals surface area contributed by atoms with E-state index in [-0.39, 0.29) is 11.9 Å². The molecule has 0 saturated carbocycles. The lowest BCUT2D eigenvalue weighted by Gasteiger charge is -2.31. The molecule has 2 rings (SSSR count). The Bertz CT molecular complexity index is 400. The van der Waals surface area contributed by atoms with E-state index in [1.807, 2.05) is 30.3 Å². The van der Waals surface area contributed by atoms with E-state index in [9.17, 15) is 4.79 Å². The Morgan fingerprint density at radius 3 is 2.65 bits per heavy atom. The number of nitrogens with one attached hydrogen (secondary N) is 1. The molecule has 1 aromatic carbocycles. The van der Waals surface area contributed by atoms with E-state index in [1.54, 1.807) is 0 Å². The lowest BCUT2D eigenvalue weighted by Crippen LogP contribution is -2.45. The summed E-state index contributed by atoms with van der Waals surface area (Å²) in [6, 6.07) is 9.83. The highest BCUT2D eigenvalue weighted by Crippen LogP contribution is 2.18. The van der Waals surface area contributed by atoms with Crippen LogP contribution in [0.2, 0.25) is 0 Å². The Balaban J connectivity index is 1.69. The predicted octanol–water partition coefficient (Wildman–Crippen LogP) is 2.36. The lowest BCUT2D eigenvalue weighted by atomic mass is 9.98. The number of ether oxygens (including phenoxy) is 1. The molecular weight excluding hydrogens is 252 g/mol. The molecule has 0 unspecified atom stereocenters. The standard InChI is InChI=1S/C16H24N2O2/c1-2-10-17-18-11-8-15(9-12-18)16(19)20-13-14-6-4-3-5-7-14/h3-7,15,17H,2,8-13H2,1H3. The van der Waals surface area contributed by atoms with Crippen molar-refractivity contribution in [2.75, 3.05) is 19.6 Å². The highest BCUT2D eigenvalue weighted by Gasteiger charge is 2.25. The van der Waals surface area contributed by atoms with E-state index < -0.39 is 0 Å². The van der Waals surface area contributed by atoms with Gasteiger partial charge in [0, 0.05) is 19.6 Å². The number of hydrazine groups is 1. The van der Waals surface area contributed by atoms with Crippen LogP contribution in [0.1, 0.15) is 31.7 Å². The minimum Gasteiger partial charge on any atom is -0.461 e. The molecule has 4 heteroatoms. The quantitative estimate of drug-likeness (QED) is 0.810. The molecule has 1 aliphatic heterocycles. The monoisotopic (exact) mass is 276 g/mol. The van der Waals surface area contributed by atoms with Crippen molar-refractivity contribution in [3.63, 3.8) is 0 Å². The fourth-order valence-electron chi connectivity index (χ4n) is 2.39. The van der Waals surface area contributed by atoms with Crippen molar-refractivity contribution in [1.82, 2.24) is 10.4 Å². The van der Waals surface area contributed by atoms with Crippen molar-refractivity contribution in [3.8, 4) is 0 Å². The van der Waals surface area contributed by atoms with Crippen LogP contribution in [0.4, 0.5) is 0 Å². The number of esters is 1. The second-order valence-corrected chi connectivity index (χ2v) is 5.26. The Labute approximate surface area is 121 Å². The van der Waals surface area contributed by atoms with E-state index in [0.717, 1.165) is 44.5 Å². The maximum Gasteiger partial charge on any atom is 0.309 e. The first-order valence-electron chi connectivity index (χ1n) is 7.48. The maximum atomic E-state index is 12.0. The second-order valence-electron chi connectivity index (χ2n) is 5.26. The van der Waals surface area contributed by atoms with Crippen molar-refractivity contribution in [2.45, 2.75) is 32.8 Å². The minimum atomic E-state index is -0.0519. The van der Waals surface area contributed by atoms with E-state index in [0.29, 0.717) is 6.61 Å². The van der Waals surface area contributed by atoms with E-state index >= 15 is 0 Å². The van der Waals surface area contributed by atoms with Crippen LogP contribution in [0.15, 0.2) is 30.3 Å². The maximum absolute atomic E-state index is 12.0. The van der Waals surface area contributed by atoms with E-state index in [2.05, 4.69) is 17.4 Å². The van der Waals surface area contributed by atoms with Crippen molar-refractivity contribution < 1.29 is 9.53 Å². The molecule has 4 nitrogen and oxygen atoms in total. The van der Waals surface area contributed by atoms with Crippen LogP contribution < -0.4 is 5.43 Å². The summed E-state index contributed by atoms with van der Waals surface area (Å²) in [6.45, 7) is 5.38. The zero-order valence-electron chi connectivity index (χ0n) is 12.2. The van der Waals surface area contributed by atoms with Crippen LogP contribution in [0.3, 0.4) is 0 Å². The molecule has 1 fully saturated rings. The summed E-state index contributed by atoms with van der Waals surface area (Å²) in [5, 5.41) is 2.21. The Kier molecular flexibility index (Phi) is 6.02. The van der Waals surface area contributed by atoms with Crippen molar-refractivity contribution in [1.29, 1.82) is 0 Å². The van der Waals surface area contributed by atoms with Gasteiger partial charge in [0.15, 0.2) is 0 Å². The van der Waals surface area contributed by atoms with Gasteiger partial charge in [0.25, 0.3) is 0 Å². The van der Waals surface area contributed by atoms with Gasteiger partial charge in [-0.05, 0) is 24.8 Å². The summed E-state index contributed by atoms with van der Waals surface area (Å²) in [6.07, 6.45) is 2.88. The third kappa shape index (κ3) is 4.62. The largest absolute Gasteiger partial charge is 0.461 e. The molecule has 0 aromatic heterocycles. The summed E-state index contributed by atoms with van der Waals surface area (Å²) < 4.78 is 5.41. The number of rotatable bonds is 6. The van der Waals surface area contributed by atoms with Gasteiger partial charge in [0.2, 0.25) is 0 Å². The zero-order chi connectivity index (χ0) is 14.2. The fraction of sp³-hybridized carbons (Fsp3) is 0.562. The van der Waals surface area contributed by atoms with Gasteiger partial charge in [-0.1, -0.05) is 37.3 Å². The number of carbonyl (C=O) groups excluding carboxylic acids is 1. The number of hydrogen-bond donors (Lipinski definition) is 1. The zero-order valence-corrected chi connectivity index (χ0v) is 12.2. The normalized spacial score (nSPS) is 17.1. The van der Waals surface area contributed by atoms with E-state index in [4.69, 9.17) is 4.74 Å². The molecule has 0 spiro atoms. The third-order valence-corrected chi connectivity index (χ3v) is 3.64. The van der Waals surface area contributed by atoms with Crippen molar-refractivity contribution in [2.24, 2.45) is 5.92 Å². The Morgan fingerprint density at radius 1 is 1.30 bits per heavy atom. The first-order chi connectivity index (χ1) is 9.79. The summed E-state index contributed by atoms with van der Waals surface area (Å²) in [5.74, 6) is 0.00221. The molecule has 20 heavy (non-hydrogen) atoms. The number of hydrogen-bond acceptors (Lipinski definition) is 4. The van der Waals surface area contributed by atoms with Crippen LogP contribution in [-0.4, -0.2) is 30.6 Å². The molecule has 0 atom stereocenters. The number of nitrogens with zero attached hydrogens (tertiary/aromatic N) is 1. The summed E-state index contributed by atoms with van der Waals surface area (Å²) >= 11 is 0. The predicted molar refractivity (Wildman–Crippen MR) is 78.8 cm³/mol. The van der Waals surface area contributed by atoms with Crippen LogP contribution in [0.25, 0.3) is 0 Å². The third-order valence-electron chi connectivity index (χ3n) is 3.64. The van der Waals surface area contributed by atoms with Gasteiger partial charge in [0.05, 0.1) is 5.92 Å². The van der Waals surface area contributed by atoms with Gasteiger partial charge in [-0.2, -0.15) is 0 Å². The van der Waals surface area contributed by atoms with Gasteiger partial charge < -0.3 is 4.74 Å². The first kappa shape index (κ1) is 15.0. The second kappa shape index (κ2) is 8.02. The average Bonchev–Trinajstić information content (AvgIpc) is 2.52. The Morgan fingerprint density at radius 2 is 2.00 bits per heavy atom. The molecule has 1 aromatic rings. The molecule has 1 aliphatic rings. The van der Waals surface area contributed by atoms with Crippen molar-refractivity contribution in [3.05, 3.63) is 35.9 Å². The molecule has 110 valence electrons. The van der Waals surface area contributed by atoms with Crippen molar-refractivity contribution >= 4 is 5.97 Å². The molecule has 0 aliphatic carbocycles. The van der Waals surface area contributed by atoms with Crippen LogP contribution >= 0.6 is 0 Å². The smallest absolute Gasteiger partial charge is 0.309 e. The van der Waals surface area contributed by atoms with Gasteiger partial charge in [0.1, 0.15) is 6.61 Å². The summed E-state index contributed by atoms with van der Waals surface area (Å²) in [4.78, 5) is 12.0. The first-order valence-corrected chi connectivity index (χ1v) is 7.48. The van der Waals surface area contributed by atoms with Crippen LogP contribution in [0.5, 0.6) is 0 Å². The highest BCUT2D eigenvalue weighted by atomic mass is 16.5. The molecule has 0 radical (unpaired) electrons. The van der Waals surface area contributed by atoms with Gasteiger partial charge in [-0.3, -0.25) is 10.2 Å². The van der Waals surface area contributed by atoms with Crippen LogP contribution in [-0.2, 0) is 16.1 Å². The Hall–Kier alpha value is -1.39. The molecular formula is C16H24N2O2. The van der Waals surface area contributed by atoms with E-state index in [1.165, 1.54) is 0 Å². The summed E-state index contributed by atoms with van der Waals surface area (Å²) in [5.41, 5.74) is 4.41. The molecule has 1 saturated heterocycles. The molecule has 1 N–H and O–H groups in total. The minimum absolute atomic E-state index is 0.0519.